The van der Waals surface area contributed by atoms with E-state index in [0.29, 0.717) is 0 Å². The molecular weight excluding hydrogens is 370 g/mol. The van der Waals surface area contributed by atoms with Gasteiger partial charge in [0, 0.05) is 5.41 Å². The fourth-order valence-corrected chi connectivity index (χ4v) is 2.56. The average molecular weight is 391 g/mol. The number of hydrogen-bond donors (Lipinski definition) is 1. The van der Waals surface area contributed by atoms with Gasteiger partial charge in [-0.25, -0.2) is 9.67 Å². The van der Waals surface area contributed by atoms with E-state index < -0.39 is 35.8 Å². The van der Waals surface area contributed by atoms with Crippen LogP contribution in [0.1, 0.15) is 26.8 Å². The second-order valence-corrected chi connectivity index (χ2v) is 6.80. The van der Waals surface area contributed by atoms with Crippen LogP contribution in [0.5, 0.6) is 11.5 Å². The van der Waals surface area contributed by atoms with Gasteiger partial charge in [-0.05, 0) is 31.2 Å². The highest BCUT2D eigenvalue weighted by Gasteiger charge is 2.50. The molecule has 0 saturated heterocycles. The molecule has 0 saturated carbocycles. The van der Waals surface area contributed by atoms with Crippen molar-refractivity contribution in [1.29, 1.82) is 0 Å². The van der Waals surface area contributed by atoms with Gasteiger partial charge in [-0.1, -0.05) is 13.8 Å². The van der Waals surface area contributed by atoms with E-state index >= 15 is 0 Å². The number of aromatic nitrogens is 3. The summed E-state index contributed by atoms with van der Waals surface area (Å²) in [5.74, 6) is -0.200. The Morgan fingerprint density at radius 2 is 1.74 bits per heavy atom. The molecule has 150 valence electrons. The molecule has 2 atom stereocenters. The summed E-state index contributed by atoms with van der Waals surface area (Å²) < 4.78 is 61.0. The summed E-state index contributed by atoms with van der Waals surface area (Å²) in [6, 6.07) is 4.03. The van der Waals surface area contributed by atoms with Crippen LogP contribution in [0.3, 0.4) is 0 Å². The van der Waals surface area contributed by atoms with Gasteiger partial charge in [0.15, 0.2) is 0 Å². The van der Waals surface area contributed by atoms with Crippen molar-refractivity contribution in [2.24, 2.45) is 5.41 Å². The maximum Gasteiger partial charge on any atom is 0.573 e. The first-order valence-electron chi connectivity index (χ1n) is 8.09. The fourth-order valence-electron chi connectivity index (χ4n) is 2.56. The third kappa shape index (κ3) is 4.88. The van der Waals surface area contributed by atoms with Gasteiger partial charge in [-0.15, -0.1) is 13.2 Å². The van der Waals surface area contributed by atoms with Crippen molar-refractivity contribution >= 4 is 0 Å². The molecule has 2 unspecified atom stereocenters. The van der Waals surface area contributed by atoms with Crippen LogP contribution in [0, 0.1) is 5.41 Å². The van der Waals surface area contributed by atoms with E-state index in [0.717, 1.165) is 12.1 Å². The smallest absolute Gasteiger partial charge is 0.490 e. The number of alkyl halides is 4. The first kappa shape index (κ1) is 20.9. The Kier molecular flexibility index (Phi) is 5.98. The van der Waals surface area contributed by atoms with Gasteiger partial charge in [-0.2, -0.15) is 5.10 Å². The summed E-state index contributed by atoms with van der Waals surface area (Å²) in [7, 11) is 0. The van der Waals surface area contributed by atoms with E-state index in [1.807, 2.05) is 0 Å². The first-order valence-corrected chi connectivity index (χ1v) is 8.09. The molecule has 2 aromatic rings. The molecular formula is C17H21F4N3O3. The van der Waals surface area contributed by atoms with Crippen LogP contribution in [0.15, 0.2) is 36.9 Å². The Bertz CT molecular complexity index is 720. The maximum atomic E-state index is 13.6. The molecule has 0 bridgehead atoms. The number of benzene rings is 1. The molecule has 1 aromatic carbocycles. The highest BCUT2D eigenvalue weighted by molar-refractivity contribution is 5.31. The Morgan fingerprint density at radius 3 is 2.22 bits per heavy atom. The standard InChI is InChI=1S/C17H21F4N3O3/c1-12(24-11-22-10-23-24)16(25,15(2,3)8-18)9-26-13-4-6-14(7-5-13)27-17(19,20)21/h4-7,10-12,25H,8-9H2,1-3H3. The number of nitrogens with zero attached hydrogens (tertiary/aromatic N) is 3. The molecule has 1 aromatic heterocycles. The first-order chi connectivity index (χ1) is 12.5. The largest absolute Gasteiger partial charge is 0.573 e. The average Bonchev–Trinajstić information content (AvgIpc) is 3.13. The van der Waals surface area contributed by atoms with Crippen molar-refractivity contribution in [3.63, 3.8) is 0 Å². The molecule has 0 aliphatic carbocycles. The van der Waals surface area contributed by atoms with Crippen LogP contribution in [0.25, 0.3) is 0 Å². The van der Waals surface area contributed by atoms with Gasteiger partial charge in [0.1, 0.15) is 36.4 Å². The van der Waals surface area contributed by atoms with Crippen LogP contribution in [-0.2, 0) is 0 Å². The molecule has 27 heavy (non-hydrogen) atoms. The van der Waals surface area contributed by atoms with Crippen molar-refractivity contribution in [2.45, 2.75) is 38.8 Å². The molecule has 0 fully saturated rings. The van der Waals surface area contributed by atoms with Gasteiger partial charge >= 0.3 is 6.36 Å². The van der Waals surface area contributed by atoms with Gasteiger partial charge in [0.05, 0.1) is 12.7 Å². The zero-order valence-electron chi connectivity index (χ0n) is 15.1. The van der Waals surface area contributed by atoms with Crippen molar-refractivity contribution < 1.29 is 32.1 Å². The molecule has 0 aliphatic rings. The van der Waals surface area contributed by atoms with E-state index in [4.69, 9.17) is 4.74 Å². The SMILES string of the molecule is CC(n1cncn1)C(O)(COc1ccc(OC(F)(F)F)cc1)C(C)(C)CF. The van der Waals surface area contributed by atoms with E-state index in [9.17, 15) is 22.7 Å². The summed E-state index contributed by atoms with van der Waals surface area (Å²) in [4.78, 5) is 3.82. The minimum absolute atomic E-state index is 0.198. The second kappa shape index (κ2) is 7.71. The summed E-state index contributed by atoms with van der Waals surface area (Å²) >= 11 is 0. The summed E-state index contributed by atoms with van der Waals surface area (Å²) in [6.45, 7) is 3.60. The Hall–Kier alpha value is -2.36. The van der Waals surface area contributed by atoms with Crippen LogP contribution < -0.4 is 9.47 Å². The normalized spacial score (nSPS) is 15.9. The highest BCUT2D eigenvalue weighted by Crippen LogP contribution is 2.40. The Labute approximate surface area is 153 Å². The lowest BCUT2D eigenvalue weighted by Crippen LogP contribution is -2.55. The fraction of sp³-hybridized carbons (Fsp3) is 0.529. The lowest BCUT2D eigenvalue weighted by Gasteiger charge is -2.44. The number of rotatable bonds is 8. The predicted molar refractivity (Wildman–Crippen MR) is 88.1 cm³/mol. The minimum Gasteiger partial charge on any atom is -0.490 e. The molecule has 1 heterocycles. The quantitative estimate of drug-likeness (QED) is 0.697. The van der Waals surface area contributed by atoms with Crippen molar-refractivity contribution in [1.82, 2.24) is 14.8 Å². The number of hydrogen-bond acceptors (Lipinski definition) is 5. The topological polar surface area (TPSA) is 69.4 Å². The van der Waals surface area contributed by atoms with E-state index in [1.54, 1.807) is 20.8 Å². The molecule has 0 aliphatic heterocycles. The molecule has 0 amide bonds. The van der Waals surface area contributed by atoms with Gasteiger partial charge in [0.25, 0.3) is 0 Å². The van der Waals surface area contributed by atoms with Gasteiger partial charge in [0.2, 0.25) is 0 Å². The molecule has 2 rings (SSSR count). The molecule has 0 radical (unpaired) electrons. The summed E-state index contributed by atoms with van der Waals surface area (Å²) in [5, 5.41) is 15.2. The van der Waals surface area contributed by atoms with Crippen molar-refractivity contribution in [2.75, 3.05) is 13.3 Å². The molecule has 0 spiro atoms. The summed E-state index contributed by atoms with van der Waals surface area (Å²) in [5.41, 5.74) is -2.88. The molecule has 1 N–H and O–H groups in total. The van der Waals surface area contributed by atoms with E-state index in [2.05, 4.69) is 14.8 Å². The van der Waals surface area contributed by atoms with Crippen LogP contribution in [0.4, 0.5) is 17.6 Å². The van der Waals surface area contributed by atoms with Gasteiger partial charge < -0.3 is 14.6 Å². The maximum absolute atomic E-state index is 13.6. The monoisotopic (exact) mass is 391 g/mol. The minimum atomic E-state index is -4.79. The third-order valence-corrected chi connectivity index (χ3v) is 4.55. The van der Waals surface area contributed by atoms with Gasteiger partial charge in [-0.3, -0.25) is 4.39 Å². The van der Waals surface area contributed by atoms with Crippen molar-refractivity contribution in [3.05, 3.63) is 36.9 Å². The summed E-state index contributed by atoms with van der Waals surface area (Å²) in [6.07, 6.45) is -2.10. The number of halogens is 4. The predicted octanol–water partition coefficient (Wildman–Crippen LogP) is 3.54. The third-order valence-electron chi connectivity index (χ3n) is 4.55. The van der Waals surface area contributed by atoms with E-state index in [-0.39, 0.29) is 12.4 Å². The number of ether oxygens (including phenoxy) is 2. The lowest BCUT2D eigenvalue weighted by molar-refractivity contribution is -0.274. The second-order valence-electron chi connectivity index (χ2n) is 6.80. The number of aliphatic hydroxyl groups is 1. The van der Waals surface area contributed by atoms with E-state index in [1.165, 1.54) is 29.5 Å². The highest BCUT2D eigenvalue weighted by atomic mass is 19.4. The van der Waals surface area contributed by atoms with Crippen LogP contribution in [-0.4, -0.2) is 45.1 Å². The lowest BCUT2D eigenvalue weighted by atomic mass is 9.72. The van der Waals surface area contributed by atoms with Crippen molar-refractivity contribution in [3.8, 4) is 11.5 Å². The van der Waals surface area contributed by atoms with Crippen LogP contribution in [0.2, 0.25) is 0 Å². The zero-order chi connectivity index (χ0) is 20.3. The Morgan fingerprint density at radius 1 is 1.15 bits per heavy atom. The zero-order valence-corrected chi connectivity index (χ0v) is 15.1. The molecule has 6 nitrogen and oxygen atoms in total. The molecule has 10 heteroatoms. The van der Waals surface area contributed by atoms with Crippen LogP contribution >= 0.6 is 0 Å². The Balaban J connectivity index is 2.17.